The Morgan fingerprint density at radius 1 is 0.864 bits per heavy atom. The molecule has 1 fully saturated rings. The number of halogens is 2. The highest BCUT2D eigenvalue weighted by Crippen LogP contribution is 2.36. The lowest BCUT2D eigenvalue weighted by Crippen LogP contribution is -2.46. The molecule has 1 N–H and O–H groups in total. The van der Waals surface area contributed by atoms with Gasteiger partial charge in [-0.05, 0) is 68.0 Å². The summed E-state index contributed by atoms with van der Waals surface area (Å²) in [5, 5.41) is 3.31. The smallest absolute Gasteiger partial charge is 0.240 e. The summed E-state index contributed by atoms with van der Waals surface area (Å²) in [6.07, 6.45) is -2.36. The van der Waals surface area contributed by atoms with Crippen molar-refractivity contribution in [3.05, 3.63) is 33.4 Å². The fourth-order valence-corrected chi connectivity index (χ4v) is 3.64. The van der Waals surface area contributed by atoms with Gasteiger partial charge in [0.25, 0.3) is 0 Å². The third-order valence-electron chi connectivity index (χ3n) is 5.39. The zero-order valence-electron chi connectivity index (χ0n) is 14.4. The molecule has 0 aromatic heterocycles. The summed E-state index contributed by atoms with van der Waals surface area (Å²) < 4.78 is 26.5. The van der Waals surface area contributed by atoms with Gasteiger partial charge in [-0.2, -0.15) is 0 Å². The Kier molecular flexibility index (Phi) is 5.56. The van der Waals surface area contributed by atoms with Crippen LogP contribution in [0.1, 0.15) is 45.8 Å². The molecule has 1 heterocycles. The molecule has 124 valence electrons. The third-order valence-corrected chi connectivity index (χ3v) is 5.39. The van der Waals surface area contributed by atoms with Crippen LogP contribution in [0.5, 0.6) is 0 Å². The van der Waals surface area contributed by atoms with Gasteiger partial charge in [0.15, 0.2) is 0 Å². The molecule has 4 heteroatoms. The number of benzene rings is 1. The summed E-state index contributed by atoms with van der Waals surface area (Å²) in [5.41, 5.74) is 7.27. The fourth-order valence-electron chi connectivity index (χ4n) is 3.64. The molecule has 22 heavy (non-hydrogen) atoms. The topological polar surface area (TPSA) is 15.3 Å². The molecule has 1 aliphatic rings. The van der Waals surface area contributed by atoms with E-state index in [2.05, 4.69) is 44.8 Å². The maximum absolute atomic E-state index is 13.2. The van der Waals surface area contributed by atoms with Crippen LogP contribution in [0.2, 0.25) is 0 Å². The molecule has 0 saturated carbocycles. The molecular weight excluding hydrogens is 282 g/mol. The van der Waals surface area contributed by atoms with Crippen LogP contribution in [-0.2, 0) is 0 Å². The summed E-state index contributed by atoms with van der Waals surface area (Å²) in [6.45, 7) is 13.9. The van der Waals surface area contributed by atoms with Crippen LogP contribution in [-0.4, -0.2) is 37.5 Å². The Morgan fingerprint density at radius 3 is 1.77 bits per heavy atom. The lowest BCUT2D eigenvalue weighted by atomic mass is 9.84. The minimum absolute atomic E-state index is 0.0797. The van der Waals surface area contributed by atoms with Gasteiger partial charge in [-0.25, -0.2) is 8.78 Å². The number of hydrogen-bond donors (Lipinski definition) is 1. The molecular formula is C18H28F2N2. The first kappa shape index (κ1) is 17.4. The first-order chi connectivity index (χ1) is 10.3. The minimum Gasteiger partial charge on any atom is -0.314 e. The number of alkyl halides is 2. The molecule has 0 unspecified atom stereocenters. The number of rotatable bonds is 4. The van der Waals surface area contributed by atoms with Crippen molar-refractivity contribution in [3.8, 4) is 0 Å². The molecule has 0 bridgehead atoms. The largest absolute Gasteiger partial charge is 0.314 e. The van der Waals surface area contributed by atoms with Crippen molar-refractivity contribution in [2.24, 2.45) is 0 Å². The van der Waals surface area contributed by atoms with Crippen LogP contribution < -0.4 is 5.32 Å². The zero-order valence-corrected chi connectivity index (χ0v) is 14.4. The van der Waals surface area contributed by atoms with Gasteiger partial charge in [0.05, 0.1) is 0 Å². The van der Waals surface area contributed by atoms with Gasteiger partial charge in [0.1, 0.15) is 0 Å². The van der Waals surface area contributed by atoms with Crippen molar-refractivity contribution in [3.63, 3.8) is 0 Å². The number of hydrogen-bond acceptors (Lipinski definition) is 2. The molecule has 1 aliphatic heterocycles. The van der Waals surface area contributed by atoms with Crippen LogP contribution in [0.4, 0.5) is 8.78 Å². The molecule has 1 atom stereocenters. The molecule has 2 rings (SSSR count). The van der Waals surface area contributed by atoms with Gasteiger partial charge < -0.3 is 5.32 Å². The number of nitrogens with zero attached hydrogens (tertiary/aromatic N) is 1. The Balaban J connectivity index is 2.51. The maximum atomic E-state index is 13.2. The van der Waals surface area contributed by atoms with E-state index in [1.54, 1.807) is 0 Å². The lowest BCUT2D eigenvalue weighted by Gasteiger charge is -2.37. The van der Waals surface area contributed by atoms with Crippen LogP contribution in [0.15, 0.2) is 0 Å². The van der Waals surface area contributed by atoms with Crippen molar-refractivity contribution in [2.75, 3.05) is 26.2 Å². The van der Waals surface area contributed by atoms with Crippen molar-refractivity contribution in [1.29, 1.82) is 0 Å². The molecule has 1 aromatic rings. The van der Waals surface area contributed by atoms with Gasteiger partial charge in [0.2, 0.25) is 6.43 Å². The van der Waals surface area contributed by atoms with E-state index in [1.807, 2.05) is 0 Å². The van der Waals surface area contributed by atoms with Gasteiger partial charge in [0, 0.05) is 38.6 Å². The highest BCUT2D eigenvalue weighted by molar-refractivity contribution is 5.50. The third kappa shape index (κ3) is 3.33. The van der Waals surface area contributed by atoms with Crippen LogP contribution in [0, 0.1) is 34.6 Å². The molecule has 0 radical (unpaired) electrons. The van der Waals surface area contributed by atoms with Crippen LogP contribution in [0.25, 0.3) is 0 Å². The summed E-state index contributed by atoms with van der Waals surface area (Å²) in [6, 6.07) is -0.180. The second-order valence-electron chi connectivity index (χ2n) is 6.47. The number of nitrogens with one attached hydrogen (secondary N) is 1. The Bertz CT molecular complexity index is 505. The molecule has 1 saturated heterocycles. The molecule has 0 spiro atoms. The van der Waals surface area contributed by atoms with E-state index in [0.717, 1.165) is 31.7 Å². The van der Waals surface area contributed by atoms with Crippen LogP contribution >= 0.6 is 0 Å². The summed E-state index contributed by atoms with van der Waals surface area (Å²) in [4.78, 5) is 2.23. The average molecular weight is 310 g/mol. The van der Waals surface area contributed by atoms with Crippen molar-refractivity contribution in [1.82, 2.24) is 10.2 Å². The van der Waals surface area contributed by atoms with E-state index in [4.69, 9.17) is 0 Å². The van der Waals surface area contributed by atoms with Gasteiger partial charge in [-0.15, -0.1) is 0 Å². The quantitative estimate of drug-likeness (QED) is 0.909. The van der Waals surface area contributed by atoms with Crippen LogP contribution in [0.3, 0.4) is 0 Å². The standard InChI is InChI=1S/C18H28F2N2/c1-11-12(2)14(4)18(15(5)13(11)3)16(10-17(19)20)22-8-6-21-7-9-22/h16-17,21H,6-10H2,1-5H3/t16-/m1/s1. The van der Waals surface area contributed by atoms with E-state index >= 15 is 0 Å². The highest BCUT2D eigenvalue weighted by Gasteiger charge is 2.29. The van der Waals surface area contributed by atoms with Gasteiger partial charge in [-0.1, -0.05) is 0 Å². The van der Waals surface area contributed by atoms with Crippen molar-refractivity contribution >= 4 is 0 Å². The molecule has 1 aromatic carbocycles. The normalized spacial score (nSPS) is 18.0. The van der Waals surface area contributed by atoms with Gasteiger partial charge in [-0.3, -0.25) is 4.90 Å². The minimum atomic E-state index is -2.28. The lowest BCUT2D eigenvalue weighted by molar-refractivity contribution is 0.0734. The average Bonchev–Trinajstić information content (AvgIpc) is 2.50. The molecule has 0 amide bonds. The first-order valence-corrected chi connectivity index (χ1v) is 8.14. The van der Waals surface area contributed by atoms with E-state index in [0.29, 0.717) is 0 Å². The predicted molar refractivity (Wildman–Crippen MR) is 87.9 cm³/mol. The zero-order chi connectivity index (χ0) is 16.4. The molecule has 2 nitrogen and oxygen atoms in total. The van der Waals surface area contributed by atoms with Crippen molar-refractivity contribution in [2.45, 2.75) is 53.5 Å². The van der Waals surface area contributed by atoms with E-state index in [9.17, 15) is 8.78 Å². The molecule has 0 aliphatic carbocycles. The first-order valence-electron chi connectivity index (χ1n) is 8.14. The Labute approximate surface area is 132 Å². The highest BCUT2D eigenvalue weighted by atomic mass is 19.3. The van der Waals surface area contributed by atoms with Gasteiger partial charge >= 0.3 is 0 Å². The monoisotopic (exact) mass is 310 g/mol. The van der Waals surface area contributed by atoms with E-state index in [1.165, 1.54) is 27.8 Å². The summed E-state index contributed by atoms with van der Waals surface area (Å²) >= 11 is 0. The Morgan fingerprint density at radius 2 is 1.32 bits per heavy atom. The maximum Gasteiger partial charge on any atom is 0.240 e. The predicted octanol–water partition coefficient (Wildman–Crippen LogP) is 3.83. The number of piperazine rings is 1. The summed E-state index contributed by atoms with van der Waals surface area (Å²) in [7, 11) is 0. The van der Waals surface area contributed by atoms with E-state index in [-0.39, 0.29) is 12.5 Å². The SMILES string of the molecule is Cc1c(C)c(C)c([C@@H](CC(F)F)N2CCNCC2)c(C)c1C. The van der Waals surface area contributed by atoms with E-state index < -0.39 is 6.43 Å². The second-order valence-corrected chi connectivity index (χ2v) is 6.47. The second kappa shape index (κ2) is 7.05. The summed E-state index contributed by atoms with van der Waals surface area (Å²) in [5.74, 6) is 0. The Hall–Kier alpha value is -1.00. The fraction of sp³-hybridized carbons (Fsp3) is 0.667. The van der Waals surface area contributed by atoms with Crippen molar-refractivity contribution < 1.29 is 8.78 Å².